The Morgan fingerprint density at radius 2 is 1.79 bits per heavy atom. The summed E-state index contributed by atoms with van der Waals surface area (Å²) in [5.41, 5.74) is 1.15. The third-order valence-electron chi connectivity index (χ3n) is 4.57. The van der Waals surface area contributed by atoms with E-state index in [2.05, 4.69) is 46.6 Å². The van der Waals surface area contributed by atoms with Crippen molar-refractivity contribution in [3.63, 3.8) is 0 Å². The summed E-state index contributed by atoms with van der Waals surface area (Å²) in [6, 6.07) is 2.26. The smallest absolute Gasteiger partial charge is 0.185 e. The summed E-state index contributed by atoms with van der Waals surface area (Å²) in [4.78, 5) is 22.3. The second-order valence-corrected chi connectivity index (χ2v) is 8.39. The Kier molecular flexibility index (Phi) is 4.14. The highest BCUT2D eigenvalue weighted by atomic mass is 32.1. The fourth-order valence-electron chi connectivity index (χ4n) is 3.02. The van der Waals surface area contributed by atoms with Gasteiger partial charge in [-0.25, -0.2) is 15.0 Å². The van der Waals surface area contributed by atoms with Crippen molar-refractivity contribution in [2.75, 3.05) is 36.0 Å². The second-order valence-electron chi connectivity index (χ2n) is 6.09. The molecule has 3 aromatic rings. The molecule has 0 aromatic carbocycles. The number of aryl methyl sites for hydroxylation is 3. The summed E-state index contributed by atoms with van der Waals surface area (Å²) >= 11 is 3.58. The fraction of sp³-hybridized carbons (Fsp3) is 0.471. The van der Waals surface area contributed by atoms with E-state index < -0.39 is 0 Å². The van der Waals surface area contributed by atoms with Crippen molar-refractivity contribution in [3.8, 4) is 0 Å². The van der Waals surface area contributed by atoms with Crippen LogP contribution in [-0.4, -0.2) is 41.1 Å². The van der Waals surface area contributed by atoms with Crippen LogP contribution in [0.4, 0.5) is 10.9 Å². The van der Waals surface area contributed by atoms with E-state index in [0.717, 1.165) is 54.1 Å². The van der Waals surface area contributed by atoms with Gasteiger partial charge in [-0.05, 0) is 26.3 Å². The summed E-state index contributed by atoms with van der Waals surface area (Å²) in [5, 5.41) is 2.36. The lowest BCUT2D eigenvalue weighted by Gasteiger charge is -2.35. The van der Waals surface area contributed by atoms with Gasteiger partial charge in [-0.2, -0.15) is 0 Å². The number of hydrogen-bond acceptors (Lipinski definition) is 7. The molecule has 1 saturated heterocycles. The maximum Gasteiger partial charge on any atom is 0.185 e. The van der Waals surface area contributed by atoms with Crippen LogP contribution in [0.25, 0.3) is 10.2 Å². The molecule has 4 heterocycles. The van der Waals surface area contributed by atoms with Crippen LogP contribution in [0.5, 0.6) is 0 Å². The van der Waals surface area contributed by atoms with Crippen LogP contribution in [0, 0.1) is 13.8 Å². The SMILES string of the molecule is CCc1cc2c(N3CCN(c4nc(C)c(C)s4)CC3)ncnc2s1. The first-order valence-electron chi connectivity index (χ1n) is 8.33. The first kappa shape index (κ1) is 15.8. The molecule has 24 heavy (non-hydrogen) atoms. The normalized spacial score (nSPS) is 15.5. The number of hydrogen-bond donors (Lipinski definition) is 0. The molecule has 3 aromatic heterocycles. The molecule has 0 atom stereocenters. The number of thiophene rings is 1. The lowest BCUT2D eigenvalue weighted by Crippen LogP contribution is -2.46. The lowest BCUT2D eigenvalue weighted by molar-refractivity contribution is 0.647. The van der Waals surface area contributed by atoms with Crippen molar-refractivity contribution >= 4 is 43.8 Å². The number of rotatable bonds is 3. The van der Waals surface area contributed by atoms with Crippen LogP contribution < -0.4 is 9.80 Å². The van der Waals surface area contributed by atoms with Gasteiger partial charge in [0.25, 0.3) is 0 Å². The average molecular weight is 360 g/mol. The number of nitrogens with zero attached hydrogens (tertiary/aromatic N) is 5. The van der Waals surface area contributed by atoms with Crippen LogP contribution in [0.3, 0.4) is 0 Å². The molecule has 1 aliphatic heterocycles. The minimum Gasteiger partial charge on any atom is -0.352 e. The molecule has 1 fully saturated rings. The van der Waals surface area contributed by atoms with Crippen molar-refractivity contribution in [1.29, 1.82) is 0 Å². The van der Waals surface area contributed by atoms with E-state index in [1.807, 2.05) is 0 Å². The third-order valence-corrected chi connectivity index (χ3v) is 6.90. The van der Waals surface area contributed by atoms with Crippen molar-refractivity contribution < 1.29 is 0 Å². The number of fused-ring (bicyclic) bond motifs is 1. The summed E-state index contributed by atoms with van der Waals surface area (Å²) < 4.78 is 0. The molecule has 4 rings (SSSR count). The molecule has 0 amide bonds. The maximum absolute atomic E-state index is 4.70. The van der Waals surface area contributed by atoms with Crippen molar-refractivity contribution in [2.24, 2.45) is 0 Å². The molecule has 126 valence electrons. The summed E-state index contributed by atoms with van der Waals surface area (Å²) in [6.45, 7) is 10.3. The minimum absolute atomic E-state index is 0.973. The van der Waals surface area contributed by atoms with E-state index in [1.54, 1.807) is 29.0 Å². The van der Waals surface area contributed by atoms with Crippen molar-refractivity contribution in [3.05, 3.63) is 27.8 Å². The standard InChI is InChI=1S/C17H21N5S2/c1-4-13-9-14-15(18-10-19-16(14)24-13)21-5-7-22(8-6-21)17-20-11(2)12(3)23-17/h9-10H,4-8H2,1-3H3. The molecule has 0 spiro atoms. The monoisotopic (exact) mass is 359 g/mol. The molecule has 0 N–H and O–H groups in total. The van der Waals surface area contributed by atoms with Gasteiger partial charge in [0.2, 0.25) is 0 Å². The van der Waals surface area contributed by atoms with Gasteiger partial charge in [-0.3, -0.25) is 0 Å². The number of thiazole rings is 1. The molecule has 0 bridgehead atoms. The van der Waals surface area contributed by atoms with Crippen molar-refractivity contribution in [1.82, 2.24) is 15.0 Å². The highest BCUT2D eigenvalue weighted by Gasteiger charge is 2.22. The highest BCUT2D eigenvalue weighted by molar-refractivity contribution is 7.18. The Morgan fingerprint density at radius 1 is 1.04 bits per heavy atom. The first-order valence-corrected chi connectivity index (χ1v) is 9.96. The maximum atomic E-state index is 4.70. The number of piperazine rings is 1. The Balaban J connectivity index is 1.54. The summed E-state index contributed by atoms with van der Waals surface area (Å²) in [5.74, 6) is 1.09. The highest BCUT2D eigenvalue weighted by Crippen LogP contribution is 2.32. The third kappa shape index (κ3) is 2.75. The predicted molar refractivity (Wildman–Crippen MR) is 103 cm³/mol. The molecular weight excluding hydrogens is 338 g/mol. The van der Waals surface area contributed by atoms with Gasteiger partial charge in [0, 0.05) is 35.9 Å². The van der Waals surface area contributed by atoms with Gasteiger partial charge in [0.15, 0.2) is 5.13 Å². The van der Waals surface area contributed by atoms with E-state index in [9.17, 15) is 0 Å². The van der Waals surface area contributed by atoms with Crippen LogP contribution in [0.2, 0.25) is 0 Å². The Bertz CT molecular complexity index is 842. The van der Waals surface area contributed by atoms with Gasteiger partial charge in [0.05, 0.1) is 11.1 Å². The van der Waals surface area contributed by atoms with E-state index >= 15 is 0 Å². The zero-order valence-electron chi connectivity index (χ0n) is 14.2. The molecule has 0 radical (unpaired) electrons. The molecular formula is C17H21N5S2. The van der Waals surface area contributed by atoms with Crippen LogP contribution in [0.1, 0.15) is 22.4 Å². The topological polar surface area (TPSA) is 45.2 Å². The molecule has 5 nitrogen and oxygen atoms in total. The number of aromatic nitrogens is 3. The molecule has 0 saturated carbocycles. The molecule has 0 aliphatic carbocycles. The molecule has 1 aliphatic rings. The largest absolute Gasteiger partial charge is 0.352 e. The van der Waals surface area contributed by atoms with Gasteiger partial charge in [-0.1, -0.05) is 6.92 Å². The minimum atomic E-state index is 0.973. The summed E-state index contributed by atoms with van der Waals surface area (Å²) in [6.07, 6.45) is 2.75. The lowest BCUT2D eigenvalue weighted by atomic mass is 10.2. The van der Waals surface area contributed by atoms with E-state index in [4.69, 9.17) is 4.98 Å². The molecule has 7 heteroatoms. The zero-order valence-corrected chi connectivity index (χ0v) is 15.9. The Labute approximate surface area is 150 Å². The number of anilines is 2. The van der Waals surface area contributed by atoms with Gasteiger partial charge in [0.1, 0.15) is 17.0 Å². The van der Waals surface area contributed by atoms with Gasteiger partial charge >= 0.3 is 0 Å². The Morgan fingerprint density at radius 3 is 2.46 bits per heavy atom. The second kappa shape index (κ2) is 6.29. The van der Waals surface area contributed by atoms with E-state index in [0.29, 0.717) is 0 Å². The first-order chi connectivity index (χ1) is 11.7. The Hall–Kier alpha value is -1.73. The van der Waals surface area contributed by atoms with E-state index in [-0.39, 0.29) is 0 Å². The zero-order chi connectivity index (χ0) is 16.7. The molecule has 0 unspecified atom stereocenters. The average Bonchev–Trinajstić information content (AvgIpc) is 3.18. The fourth-order valence-corrected chi connectivity index (χ4v) is 4.91. The summed E-state index contributed by atoms with van der Waals surface area (Å²) in [7, 11) is 0. The van der Waals surface area contributed by atoms with Crippen molar-refractivity contribution in [2.45, 2.75) is 27.2 Å². The van der Waals surface area contributed by atoms with E-state index in [1.165, 1.54) is 15.1 Å². The van der Waals surface area contributed by atoms with Gasteiger partial charge < -0.3 is 9.80 Å². The van der Waals surface area contributed by atoms with Crippen LogP contribution >= 0.6 is 22.7 Å². The predicted octanol–water partition coefficient (Wildman–Crippen LogP) is 3.65. The quantitative estimate of drug-likeness (QED) is 0.714. The van der Waals surface area contributed by atoms with Crippen LogP contribution in [-0.2, 0) is 6.42 Å². The van der Waals surface area contributed by atoms with Crippen LogP contribution in [0.15, 0.2) is 12.4 Å². The van der Waals surface area contributed by atoms with Gasteiger partial charge in [-0.15, -0.1) is 22.7 Å².